The lowest BCUT2D eigenvalue weighted by atomic mass is 10.1. The Labute approximate surface area is 85.8 Å². The summed E-state index contributed by atoms with van der Waals surface area (Å²) in [4.78, 5) is 2.62. The van der Waals surface area contributed by atoms with Crippen LogP contribution in [0.2, 0.25) is 0 Å². The molecule has 13 heavy (non-hydrogen) atoms. The van der Waals surface area contributed by atoms with Gasteiger partial charge < -0.3 is 0 Å². The van der Waals surface area contributed by atoms with Gasteiger partial charge >= 0.3 is 0 Å². The normalized spacial score (nSPS) is 10.9. The third kappa shape index (κ3) is 1.68. The molecule has 0 aliphatic carbocycles. The number of nitrogens with one attached hydrogen (secondary N) is 1. The number of nitrogens with zero attached hydrogens (tertiary/aromatic N) is 1. The Morgan fingerprint density at radius 3 is 3.15 bits per heavy atom. The summed E-state index contributed by atoms with van der Waals surface area (Å²) in [5.74, 6) is 0. The van der Waals surface area contributed by atoms with Gasteiger partial charge in [0, 0.05) is 11.9 Å². The second-order valence-corrected chi connectivity index (χ2v) is 3.98. The summed E-state index contributed by atoms with van der Waals surface area (Å²) in [5.41, 5.74) is 2.28. The number of fused-ring (bicyclic) bond motifs is 1. The van der Waals surface area contributed by atoms with Gasteiger partial charge in [0.2, 0.25) is 0 Å². The molecule has 1 aromatic carbocycles. The predicted molar refractivity (Wildman–Crippen MR) is 57.0 cm³/mol. The highest BCUT2D eigenvalue weighted by Crippen LogP contribution is 2.23. The van der Waals surface area contributed by atoms with Crippen LogP contribution < -0.4 is 4.84 Å². The fourth-order valence-corrected chi connectivity index (χ4v) is 2.22. The van der Waals surface area contributed by atoms with Crippen molar-refractivity contribution >= 4 is 33.4 Å². The molecule has 0 saturated carbocycles. The van der Waals surface area contributed by atoms with E-state index in [9.17, 15) is 0 Å². The molecule has 2 nitrogen and oxygen atoms in total. The number of aromatic nitrogens is 1. The van der Waals surface area contributed by atoms with Gasteiger partial charge in [-0.05, 0) is 47.9 Å². The van der Waals surface area contributed by atoms with Gasteiger partial charge in [-0.1, -0.05) is 6.07 Å². The Kier molecular flexibility index (Phi) is 2.49. The van der Waals surface area contributed by atoms with E-state index in [0.717, 1.165) is 5.69 Å². The van der Waals surface area contributed by atoms with E-state index in [0.29, 0.717) is 6.54 Å². The average molecular weight is 213 g/mol. The smallest absolute Gasteiger partial charge is 0.0590 e. The third-order valence-electron chi connectivity index (χ3n) is 1.99. The van der Waals surface area contributed by atoms with E-state index >= 15 is 0 Å². The van der Waals surface area contributed by atoms with Crippen LogP contribution in [0, 0.1) is 6.92 Å². The van der Waals surface area contributed by atoms with Crippen LogP contribution in [0.4, 0.5) is 0 Å². The lowest BCUT2D eigenvalue weighted by molar-refractivity contribution is 0.966. The van der Waals surface area contributed by atoms with E-state index in [1.165, 1.54) is 27.2 Å². The molecule has 0 aliphatic rings. The molecule has 0 spiro atoms. The largest absolute Gasteiger partial charge is 0.229 e. The van der Waals surface area contributed by atoms with Crippen LogP contribution in [0.3, 0.4) is 0 Å². The van der Waals surface area contributed by atoms with Crippen LogP contribution in [0.5, 0.6) is 0 Å². The van der Waals surface area contributed by atoms with Gasteiger partial charge in [0.15, 0.2) is 0 Å². The van der Waals surface area contributed by atoms with Crippen molar-refractivity contribution in [3.63, 3.8) is 0 Å². The SMILES string of the molecule is Cc1nsc2ccc(CNCl)cc12. The second-order valence-electron chi connectivity index (χ2n) is 2.91. The lowest BCUT2D eigenvalue weighted by Crippen LogP contribution is -1.97. The number of rotatable bonds is 2. The van der Waals surface area contributed by atoms with Crippen LogP contribution in [0.1, 0.15) is 11.3 Å². The van der Waals surface area contributed by atoms with Crippen LogP contribution in [0.15, 0.2) is 18.2 Å². The summed E-state index contributed by atoms with van der Waals surface area (Å²) in [6, 6.07) is 6.28. The summed E-state index contributed by atoms with van der Waals surface area (Å²) in [5, 5.41) is 1.23. The highest BCUT2D eigenvalue weighted by atomic mass is 35.5. The van der Waals surface area contributed by atoms with Crippen molar-refractivity contribution in [2.75, 3.05) is 0 Å². The van der Waals surface area contributed by atoms with Crippen molar-refractivity contribution in [3.05, 3.63) is 29.5 Å². The number of benzene rings is 1. The monoisotopic (exact) mass is 212 g/mol. The van der Waals surface area contributed by atoms with Gasteiger partial charge in [0.05, 0.1) is 10.4 Å². The minimum Gasteiger partial charge on any atom is -0.229 e. The molecular weight excluding hydrogens is 204 g/mol. The summed E-state index contributed by atoms with van der Waals surface area (Å²) >= 11 is 6.98. The average Bonchev–Trinajstić information content (AvgIpc) is 2.49. The van der Waals surface area contributed by atoms with E-state index in [1.807, 2.05) is 6.92 Å². The fourth-order valence-electron chi connectivity index (χ4n) is 1.29. The van der Waals surface area contributed by atoms with Gasteiger partial charge in [-0.25, -0.2) is 4.84 Å². The molecule has 0 amide bonds. The third-order valence-corrected chi connectivity index (χ3v) is 3.04. The van der Waals surface area contributed by atoms with Crippen molar-refractivity contribution in [2.45, 2.75) is 13.5 Å². The first-order valence-electron chi connectivity index (χ1n) is 3.99. The Morgan fingerprint density at radius 1 is 1.54 bits per heavy atom. The van der Waals surface area contributed by atoms with Crippen molar-refractivity contribution in [2.24, 2.45) is 0 Å². The van der Waals surface area contributed by atoms with Crippen molar-refractivity contribution < 1.29 is 0 Å². The molecule has 0 fully saturated rings. The van der Waals surface area contributed by atoms with Crippen LogP contribution in [-0.2, 0) is 6.54 Å². The lowest BCUT2D eigenvalue weighted by Gasteiger charge is -1.98. The maximum atomic E-state index is 5.44. The van der Waals surface area contributed by atoms with Gasteiger partial charge in [-0.15, -0.1) is 0 Å². The zero-order chi connectivity index (χ0) is 9.26. The molecule has 68 valence electrons. The minimum absolute atomic E-state index is 0.687. The highest BCUT2D eigenvalue weighted by Gasteiger charge is 2.02. The molecule has 2 aromatic rings. The number of hydrogen-bond acceptors (Lipinski definition) is 3. The molecule has 0 atom stereocenters. The predicted octanol–water partition coefficient (Wildman–Crippen LogP) is 2.85. The van der Waals surface area contributed by atoms with E-state index in [4.69, 9.17) is 11.8 Å². The topological polar surface area (TPSA) is 24.9 Å². The molecule has 1 heterocycles. The molecule has 4 heteroatoms. The van der Waals surface area contributed by atoms with Gasteiger partial charge in [-0.2, -0.15) is 4.37 Å². The zero-order valence-corrected chi connectivity index (χ0v) is 8.75. The first-order chi connectivity index (χ1) is 6.31. The van der Waals surface area contributed by atoms with Crippen LogP contribution in [0.25, 0.3) is 10.1 Å². The Morgan fingerprint density at radius 2 is 2.38 bits per heavy atom. The van der Waals surface area contributed by atoms with E-state index < -0.39 is 0 Å². The van der Waals surface area contributed by atoms with Crippen molar-refractivity contribution in [3.8, 4) is 0 Å². The highest BCUT2D eigenvalue weighted by molar-refractivity contribution is 7.13. The molecule has 0 unspecified atom stereocenters. The molecule has 0 radical (unpaired) electrons. The minimum atomic E-state index is 0.687. The molecule has 0 saturated heterocycles. The summed E-state index contributed by atoms with van der Waals surface area (Å²) in [6.45, 7) is 2.71. The molecular formula is C9H9ClN2S. The summed E-state index contributed by atoms with van der Waals surface area (Å²) in [6.07, 6.45) is 0. The first kappa shape index (κ1) is 8.94. The number of aryl methyl sites for hydroxylation is 1. The van der Waals surface area contributed by atoms with E-state index in [1.54, 1.807) is 0 Å². The first-order valence-corrected chi connectivity index (χ1v) is 5.15. The molecule has 2 rings (SSSR count). The van der Waals surface area contributed by atoms with Gasteiger partial charge in [-0.3, -0.25) is 0 Å². The molecule has 0 bridgehead atoms. The second kappa shape index (κ2) is 3.62. The fraction of sp³-hybridized carbons (Fsp3) is 0.222. The summed E-state index contributed by atoms with van der Waals surface area (Å²) < 4.78 is 5.52. The van der Waals surface area contributed by atoms with E-state index in [-0.39, 0.29) is 0 Å². The van der Waals surface area contributed by atoms with Gasteiger partial charge in [0.25, 0.3) is 0 Å². The maximum absolute atomic E-state index is 5.44. The molecule has 0 aliphatic heterocycles. The van der Waals surface area contributed by atoms with Gasteiger partial charge in [0.1, 0.15) is 0 Å². The van der Waals surface area contributed by atoms with Crippen molar-refractivity contribution in [1.82, 2.24) is 9.21 Å². The van der Waals surface area contributed by atoms with Crippen LogP contribution >= 0.6 is 23.3 Å². The Balaban J connectivity index is 2.53. The Bertz CT molecular complexity index is 424. The molecule has 1 aromatic heterocycles. The number of hydrogen-bond donors (Lipinski definition) is 1. The zero-order valence-electron chi connectivity index (χ0n) is 7.17. The van der Waals surface area contributed by atoms with E-state index in [2.05, 4.69) is 27.4 Å². The molecule has 1 N–H and O–H groups in total. The number of halogens is 1. The maximum Gasteiger partial charge on any atom is 0.0590 e. The van der Waals surface area contributed by atoms with Crippen molar-refractivity contribution in [1.29, 1.82) is 0 Å². The summed E-state index contributed by atoms with van der Waals surface area (Å²) in [7, 11) is 0. The standard InChI is InChI=1S/C9H9ClN2S/c1-6-8-4-7(5-11-10)2-3-9(8)13-12-6/h2-4,11H,5H2,1H3. The quantitative estimate of drug-likeness (QED) is 0.775. The van der Waals surface area contributed by atoms with Crippen LogP contribution in [-0.4, -0.2) is 4.37 Å². The Hall–Kier alpha value is -0.640.